The van der Waals surface area contributed by atoms with E-state index in [9.17, 15) is 8.78 Å². The van der Waals surface area contributed by atoms with Crippen LogP contribution in [0.2, 0.25) is 0 Å². The topological polar surface area (TPSA) is 55.9 Å². The van der Waals surface area contributed by atoms with Gasteiger partial charge >= 0.3 is 0 Å². The first-order valence-corrected chi connectivity index (χ1v) is 5.92. The average Bonchev–Trinajstić information content (AvgIpc) is 2.70. The van der Waals surface area contributed by atoms with E-state index < -0.39 is 11.6 Å². The predicted molar refractivity (Wildman–Crippen MR) is 68.1 cm³/mol. The molecule has 6 heteroatoms. The Morgan fingerprint density at radius 2 is 2.16 bits per heavy atom. The van der Waals surface area contributed by atoms with Gasteiger partial charge in [-0.3, -0.25) is 16.0 Å². The summed E-state index contributed by atoms with van der Waals surface area (Å²) in [6.45, 7) is 1.85. The van der Waals surface area contributed by atoms with Gasteiger partial charge in [0.2, 0.25) is 0 Å². The minimum Gasteiger partial charge on any atom is -0.275 e. The van der Waals surface area contributed by atoms with Gasteiger partial charge in [-0.25, -0.2) is 8.78 Å². The molecule has 1 unspecified atom stereocenters. The molecule has 0 spiro atoms. The smallest absolute Gasteiger partial charge is 0.162 e. The minimum atomic E-state index is -0.851. The highest BCUT2D eigenvalue weighted by atomic mass is 19.2. The molecule has 0 saturated carbocycles. The van der Waals surface area contributed by atoms with Gasteiger partial charge in [-0.15, -0.1) is 0 Å². The van der Waals surface area contributed by atoms with Crippen LogP contribution in [0.1, 0.15) is 22.9 Å². The molecule has 19 heavy (non-hydrogen) atoms. The van der Waals surface area contributed by atoms with Crippen molar-refractivity contribution in [2.75, 3.05) is 0 Å². The third-order valence-electron chi connectivity index (χ3n) is 3.08. The molecule has 1 atom stereocenters. The molecule has 2 rings (SSSR count). The van der Waals surface area contributed by atoms with E-state index in [1.165, 1.54) is 6.07 Å². The molecule has 0 amide bonds. The number of halogens is 2. The fourth-order valence-corrected chi connectivity index (χ4v) is 2.14. The first kappa shape index (κ1) is 13.6. The van der Waals surface area contributed by atoms with Crippen LogP contribution in [-0.4, -0.2) is 9.78 Å². The SMILES string of the molecule is Cc1nn(C)cc1C(Cc1cccc(F)c1F)NN. The normalized spacial score (nSPS) is 12.7. The second-order valence-corrected chi connectivity index (χ2v) is 4.48. The number of nitrogens with two attached hydrogens (primary N) is 1. The largest absolute Gasteiger partial charge is 0.275 e. The molecule has 4 nitrogen and oxygen atoms in total. The van der Waals surface area contributed by atoms with Gasteiger partial charge in [0, 0.05) is 18.8 Å². The lowest BCUT2D eigenvalue weighted by Crippen LogP contribution is -2.30. The van der Waals surface area contributed by atoms with E-state index in [1.807, 2.05) is 13.1 Å². The highest BCUT2D eigenvalue weighted by Gasteiger charge is 2.18. The summed E-state index contributed by atoms with van der Waals surface area (Å²) in [4.78, 5) is 0. The summed E-state index contributed by atoms with van der Waals surface area (Å²) in [5.74, 6) is 3.84. The standard InChI is InChI=1S/C13H16F2N4/c1-8-10(7-19(2)18-8)12(17-16)6-9-4-3-5-11(14)13(9)15/h3-5,7,12,17H,6,16H2,1-2H3. The fourth-order valence-electron chi connectivity index (χ4n) is 2.14. The van der Waals surface area contributed by atoms with Crippen LogP contribution in [0, 0.1) is 18.6 Å². The van der Waals surface area contributed by atoms with E-state index in [-0.39, 0.29) is 18.0 Å². The number of aromatic nitrogens is 2. The number of aryl methyl sites for hydroxylation is 2. The molecule has 0 bridgehead atoms. The van der Waals surface area contributed by atoms with E-state index >= 15 is 0 Å². The summed E-state index contributed by atoms with van der Waals surface area (Å²) in [5.41, 5.74) is 4.59. The molecule has 2 aromatic rings. The number of hydrogen-bond donors (Lipinski definition) is 2. The second kappa shape index (κ2) is 5.46. The van der Waals surface area contributed by atoms with Gasteiger partial charge < -0.3 is 0 Å². The first-order valence-electron chi connectivity index (χ1n) is 5.92. The summed E-state index contributed by atoms with van der Waals surface area (Å²) in [6.07, 6.45) is 2.07. The Labute approximate surface area is 110 Å². The van der Waals surface area contributed by atoms with Crippen molar-refractivity contribution in [2.24, 2.45) is 12.9 Å². The van der Waals surface area contributed by atoms with Crippen LogP contribution < -0.4 is 11.3 Å². The maximum Gasteiger partial charge on any atom is 0.162 e. The Balaban J connectivity index is 2.29. The van der Waals surface area contributed by atoms with Crippen molar-refractivity contribution in [2.45, 2.75) is 19.4 Å². The maximum atomic E-state index is 13.7. The first-order chi connectivity index (χ1) is 9.02. The van der Waals surface area contributed by atoms with Gasteiger partial charge in [-0.2, -0.15) is 5.10 Å². The molecule has 0 aliphatic heterocycles. The van der Waals surface area contributed by atoms with Crippen LogP contribution in [0.15, 0.2) is 24.4 Å². The number of benzene rings is 1. The Bertz CT molecular complexity index is 580. The summed E-state index contributed by atoms with van der Waals surface area (Å²) >= 11 is 0. The van der Waals surface area contributed by atoms with Crippen LogP contribution in [-0.2, 0) is 13.5 Å². The van der Waals surface area contributed by atoms with Crippen molar-refractivity contribution >= 4 is 0 Å². The molecular formula is C13H16F2N4. The number of rotatable bonds is 4. The van der Waals surface area contributed by atoms with Gasteiger partial charge in [-0.05, 0) is 25.0 Å². The molecule has 0 saturated heterocycles. The van der Waals surface area contributed by atoms with Crippen molar-refractivity contribution < 1.29 is 8.78 Å². The zero-order valence-corrected chi connectivity index (χ0v) is 10.8. The predicted octanol–water partition coefficient (Wildman–Crippen LogP) is 1.75. The Morgan fingerprint density at radius 3 is 2.74 bits per heavy atom. The van der Waals surface area contributed by atoms with E-state index in [4.69, 9.17) is 5.84 Å². The fraction of sp³-hybridized carbons (Fsp3) is 0.308. The molecule has 1 heterocycles. The minimum absolute atomic E-state index is 0.257. The molecule has 1 aromatic heterocycles. The molecule has 3 N–H and O–H groups in total. The Hall–Kier alpha value is -1.79. The number of nitrogens with zero attached hydrogens (tertiary/aromatic N) is 2. The number of nitrogens with one attached hydrogen (secondary N) is 1. The molecule has 0 radical (unpaired) electrons. The molecule has 102 valence electrons. The van der Waals surface area contributed by atoms with Crippen molar-refractivity contribution in [1.82, 2.24) is 15.2 Å². The van der Waals surface area contributed by atoms with Crippen LogP contribution in [0.5, 0.6) is 0 Å². The van der Waals surface area contributed by atoms with Crippen molar-refractivity contribution in [3.63, 3.8) is 0 Å². The maximum absolute atomic E-state index is 13.7. The molecule has 0 aliphatic carbocycles. The van der Waals surface area contributed by atoms with Gasteiger partial charge in [-0.1, -0.05) is 12.1 Å². The monoisotopic (exact) mass is 266 g/mol. The van der Waals surface area contributed by atoms with E-state index in [2.05, 4.69) is 10.5 Å². The van der Waals surface area contributed by atoms with Crippen molar-refractivity contribution in [1.29, 1.82) is 0 Å². The summed E-state index contributed by atoms with van der Waals surface area (Å²) in [5, 5.41) is 4.21. The van der Waals surface area contributed by atoms with Crippen LogP contribution in [0.3, 0.4) is 0 Å². The van der Waals surface area contributed by atoms with Crippen LogP contribution in [0.25, 0.3) is 0 Å². The average molecular weight is 266 g/mol. The van der Waals surface area contributed by atoms with E-state index in [1.54, 1.807) is 17.8 Å². The van der Waals surface area contributed by atoms with Crippen LogP contribution >= 0.6 is 0 Å². The lowest BCUT2D eigenvalue weighted by Gasteiger charge is -2.15. The van der Waals surface area contributed by atoms with Crippen molar-refractivity contribution in [3.8, 4) is 0 Å². The quantitative estimate of drug-likeness (QED) is 0.655. The third-order valence-corrected chi connectivity index (χ3v) is 3.08. The van der Waals surface area contributed by atoms with Crippen LogP contribution in [0.4, 0.5) is 8.78 Å². The lowest BCUT2D eigenvalue weighted by atomic mass is 9.99. The van der Waals surface area contributed by atoms with E-state index in [0.717, 1.165) is 17.3 Å². The van der Waals surface area contributed by atoms with Gasteiger partial charge in [0.1, 0.15) is 0 Å². The van der Waals surface area contributed by atoms with Crippen molar-refractivity contribution in [3.05, 3.63) is 52.9 Å². The highest BCUT2D eigenvalue weighted by Crippen LogP contribution is 2.22. The molecule has 0 aliphatic rings. The highest BCUT2D eigenvalue weighted by molar-refractivity contribution is 5.26. The Morgan fingerprint density at radius 1 is 1.42 bits per heavy atom. The zero-order valence-electron chi connectivity index (χ0n) is 10.8. The molecule has 0 fully saturated rings. The second-order valence-electron chi connectivity index (χ2n) is 4.48. The number of hydrogen-bond acceptors (Lipinski definition) is 3. The van der Waals surface area contributed by atoms with E-state index in [0.29, 0.717) is 0 Å². The number of hydrazine groups is 1. The molecular weight excluding hydrogens is 250 g/mol. The van der Waals surface area contributed by atoms with Gasteiger partial charge in [0.25, 0.3) is 0 Å². The van der Waals surface area contributed by atoms with Gasteiger partial charge in [0.05, 0.1) is 11.7 Å². The Kier molecular flexibility index (Phi) is 3.92. The molecule has 1 aromatic carbocycles. The lowest BCUT2D eigenvalue weighted by molar-refractivity contribution is 0.480. The van der Waals surface area contributed by atoms with Gasteiger partial charge in [0.15, 0.2) is 11.6 Å². The third kappa shape index (κ3) is 2.80. The summed E-state index contributed by atoms with van der Waals surface area (Å²) < 4.78 is 28.5. The zero-order chi connectivity index (χ0) is 14.0. The summed E-state index contributed by atoms with van der Waals surface area (Å²) in [7, 11) is 1.80. The summed E-state index contributed by atoms with van der Waals surface area (Å²) in [6, 6.07) is 3.82.